The average Bonchev–Trinajstić information content (AvgIpc) is 2.93. The molecular weight excluding hydrogens is 294 g/mol. The second-order valence-electron chi connectivity index (χ2n) is 4.36. The van der Waals surface area contributed by atoms with Crippen LogP contribution in [0.25, 0.3) is 11.2 Å². The van der Waals surface area contributed by atoms with Gasteiger partial charge in [0, 0.05) is 0 Å². The van der Waals surface area contributed by atoms with E-state index in [1.165, 1.54) is 10.9 Å². The van der Waals surface area contributed by atoms with E-state index in [2.05, 4.69) is 15.0 Å². The first-order valence-corrected chi connectivity index (χ1v) is 6.14. The normalized spacial score (nSPS) is 30.2. The Morgan fingerprint density at radius 2 is 2.30 bits per heavy atom. The predicted octanol–water partition coefficient (Wildman–Crippen LogP) is 0.217. The second-order valence-corrected chi connectivity index (χ2v) is 4.75. The Morgan fingerprint density at radius 1 is 1.55 bits per heavy atom. The van der Waals surface area contributed by atoms with Gasteiger partial charge in [0.2, 0.25) is 0 Å². The molecule has 108 valence electrons. The molecular formula is C10H10F2N4O3S. The number of aromatic amines is 1. The summed E-state index contributed by atoms with van der Waals surface area (Å²) in [6.45, 7) is -0.531. The number of halogens is 2. The lowest BCUT2D eigenvalue weighted by Gasteiger charge is -2.15. The van der Waals surface area contributed by atoms with Crippen LogP contribution < -0.4 is 0 Å². The Morgan fingerprint density at radius 3 is 2.95 bits per heavy atom. The number of H-pyrrole nitrogens is 1. The van der Waals surface area contributed by atoms with Crippen molar-refractivity contribution in [1.29, 1.82) is 0 Å². The molecule has 0 aliphatic carbocycles. The fourth-order valence-electron chi connectivity index (χ4n) is 2.18. The molecule has 1 aliphatic heterocycles. The lowest BCUT2D eigenvalue weighted by molar-refractivity contribution is -0.0459. The van der Waals surface area contributed by atoms with Crippen molar-refractivity contribution in [2.45, 2.75) is 24.6 Å². The molecule has 0 saturated carbocycles. The van der Waals surface area contributed by atoms with Crippen molar-refractivity contribution in [3.05, 3.63) is 17.0 Å². The smallest absolute Gasteiger partial charge is 0.289 e. The number of hydrogen-bond acceptors (Lipinski definition) is 6. The number of nitrogens with zero attached hydrogens (tertiary/aromatic N) is 3. The van der Waals surface area contributed by atoms with Crippen LogP contribution in [0.4, 0.5) is 8.78 Å². The Kier molecular flexibility index (Phi) is 3.24. The highest BCUT2D eigenvalue weighted by molar-refractivity contribution is 7.71. The van der Waals surface area contributed by atoms with Crippen molar-refractivity contribution in [3.63, 3.8) is 0 Å². The van der Waals surface area contributed by atoms with Gasteiger partial charge in [-0.3, -0.25) is 9.55 Å². The third-order valence-electron chi connectivity index (χ3n) is 3.17. The second kappa shape index (κ2) is 4.81. The predicted molar refractivity (Wildman–Crippen MR) is 64.6 cm³/mol. The number of alkyl halides is 1. The van der Waals surface area contributed by atoms with Crippen LogP contribution in [-0.4, -0.2) is 54.7 Å². The van der Waals surface area contributed by atoms with Crippen molar-refractivity contribution >= 4 is 23.4 Å². The maximum absolute atomic E-state index is 14.0. The molecule has 20 heavy (non-hydrogen) atoms. The molecule has 1 aliphatic rings. The summed E-state index contributed by atoms with van der Waals surface area (Å²) in [5, 5.41) is 18.6. The van der Waals surface area contributed by atoms with Gasteiger partial charge in [0.25, 0.3) is 6.08 Å². The van der Waals surface area contributed by atoms with Crippen molar-refractivity contribution < 1.29 is 23.7 Å². The van der Waals surface area contributed by atoms with Crippen molar-refractivity contribution in [2.75, 3.05) is 6.61 Å². The van der Waals surface area contributed by atoms with Gasteiger partial charge in [0.05, 0.1) is 12.9 Å². The molecule has 2 aromatic rings. The van der Waals surface area contributed by atoms with Gasteiger partial charge >= 0.3 is 0 Å². The van der Waals surface area contributed by atoms with Crippen LogP contribution in [-0.2, 0) is 4.74 Å². The number of ether oxygens (including phenoxy) is 1. The lowest BCUT2D eigenvalue weighted by Crippen LogP contribution is -2.30. The molecule has 10 heteroatoms. The molecule has 2 aromatic heterocycles. The van der Waals surface area contributed by atoms with E-state index in [1.807, 2.05) is 0 Å². The Hall–Kier alpha value is -1.49. The van der Waals surface area contributed by atoms with E-state index in [9.17, 15) is 13.9 Å². The average molecular weight is 304 g/mol. The maximum Gasteiger partial charge on any atom is 0.289 e. The number of aliphatic hydroxyl groups is 2. The summed E-state index contributed by atoms with van der Waals surface area (Å²) in [5.41, 5.74) is 0.292. The van der Waals surface area contributed by atoms with Gasteiger partial charge < -0.3 is 14.9 Å². The SMILES string of the molecule is OC[C@H]1O[C@@H](n2cnc3c(=S)nc(F)[nH]c32)[C@@H](F)[C@@H]1O. The first kappa shape index (κ1) is 13.5. The van der Waals surface area contributed by atoms with Crippen LogP contribution in [0, 0.1) is 10.7 Å². The minimum absolute atomic E-state index is 0.0670. The molecule has 1 saturated heterocycles. The molecule has 0 amide bonds. The summed E-state index contributed by atoms with van der Waals surface area (Å²) in [4.78, 5) is 9.61. The molecule has 0 radical (unpaired) electrons. The van der Waals surface area contributed by atoms with Gasteiger partial charge in [-0.15, -0.1) is 0 Å². The van der Waals surface area contributed by atoms with Crippen LogP contribution in [0.3, 0.4) is 0 Å². The topological polar surface area (TPSA) is 96.2 Å². The lowest BCUT2D eigenvalue weighted by atomic mass is 10.1. The molecule has 0 bridgehead atoms. The van der Waals surface area contributed by atoms with Crippen molar-refractivity contribution in [1.82, 2.24) is 19.5 Å². The Bertz CT molecular complexity index is 705. The highest BCUT2D eigenvalue weighted by Gasteiger charge is 2.45. The first-order valence-electron chi connectivity index (χ1n) is 5.73. The van der Waals surface area contributed by atoms with E-state index >= 15 is 0 Å². The number of rotatable bonds is 2. The molecule has 0 spiro atoms. The fourth-order valence-corrected chi connectivity index (χ4v) is 2.41. The molecule has 7 nitrogen and oxygen atoms in total. The maximum atomic E-state index is 14.0. The van der Waals surface area contributed by atoms with Crippen molar-refractivity contribution in [2.24, 2.45) is 0 Å². The zero-order chi connectivity index (χ0) is 14.4. The van der Waals surface area contributed by atoms with Gasteiger partial charge in [-0.2, -0.15) is 9.37 Å². The number of imidazole rings is 1. The zero-order valence-corrected chi connectivity index (χ0v) is 10.7. The largest absolute Gasteiger partial charge is 0.394 e. The zero-order valence-electron chi connectivity index (χ0n) is 9.90. The molecule has 4 atom stereocenters. The summed E-state index contributed by atoms with van der Waals surface area (Å²) in [6, 6.07) is 0. The summed E-state index contributed by atoms with van der Waals surface area (Å²) < 4.78 is 33.6. The minimum atomic E-state index is -1.79. The van der Waals surface area contributed by atoms with E-state index in [-0.39, 0.29) is 15.8 Å². The Labute approximate surface area is 115 Å². The highest BCUT2D eigenvalue weighted by Crippen LogP contribution is 2.33. The van der Waals surface area contributed by atoms with Crippen LogP contribution in [0.2, 0.25) is 0 Å². The van der Waals surface area contributed by atoms with Gasteiger partial charge in [-0.25, -0.2) is 9.37 Å². The van der Waals surface area contributed by atoms with Crippen LogP contribution in [0.1, 0.15) is 6.23 Å². The van der Waals surface area contributed by atoms with E-state index in [0.717, 1.165) is 0 Å². The van der Waals surface area contributed by atoms with Crippen LogP contribution in [0.5, 0.6) is 0 Å². The molecule has 1 fully saturated rings. The van der Waals surface area contributed by atoms with Crippen LogP contribution in [0.15, 0.2) is 6.33 Å². The molecule has 0 unspecified atom stereocenters. The fraction of sp³-hybridized carbons (Fsp3) is 0.500. The van der Waals surface area contributed by atoms with Gasteiger partial charge in [0.1, 0.15) is 23.4 Å². The summed E-state index contributed by atoms with van der Waals surface area (Å²) in [5.74, 6) is 0. The first-order chi connectivity index (χ1) is 9.52. The third-order valence-corrected chi connectivity index (χ3v) is 3.45. The van der Waals surface area contributed by atoms with E-state index < -0.39 is 37.3 Å². The molecule has 0 aromatic carbocycles. The van der Waals surface area contributed by atoms with Crippen LogP contribution >= 0.6 is 12.2 Å². The quantitative estimate of drug-likeness (QED) is 0.542. The third kappa shape index (κ3) is 1.92. The molecule has 3 rings (SSSR count). The number of fused-ring (bicyclic) bond motifs is 1. The number of aromatic nitrogens is 4. The number of hydrogen-bond donors (Lipinski definition) is 3. The van der Waals surface area contributed by atoms with Crippen molar-refractivity contribution in [3.8, 4) is 0 Å². The molecule has 3 N–H and O–H groups in total. The highest BCUT2D eigenvalue weighted by atomic mass is 32.1. The van der Waals surface area contributed by atoms with Gasteiger partial charge in [-0.1, -0.05) is 12.2 Å². The van der Waals surface area contributed by atoms with E-state index in [4.69, 9.17) is 22.1 Å². The standard InChI is InChI=1S/C10H10F2N4O3S/c11-4-6(18)3(1-17)19-9(4)16-2-13-5-7(16)14-10(12)15-8(5)20/h2-4,6,9,17-18H,1H2,(H,14,15,20)/t3-,4+,6-,9-/m1/s1. The monoisotopic (exact) mass is 304 g/mol. The molecule has 3 heterocycles. The Balaban J connectivity index is 2.09. The summed E-state index contributed by atoms with van der Waals surface area (Å²) in [6.07, 6.45) is -5.28. The minimum Gasteiger partial charge on any atom is -0.394 e. The summed E-state index contributed by atoms with van der Waals surface area (Å²) in [7, 11) is 0. The van der Waals surface area contributed by atoms with Gasteiger partial charge in [0.15, 0.2) is 17.0 Å². The number of aliphatic hydroxyl groups excluding tert-OH is 2. The van der Waals surface area contributed by atoms with E-state index in [1.54, 1.807) is 0 Å². The van der Waals surface area contributed by atoms with E-state index in [0.29, 0.717) is 0 Å². The number of nitrogens with one attached hydrogen (secondary N) is 1. The summed E-state index contributed by atoms with van der Waals surface area (Å²) >= 11 is 4.86. The van der Waals surface area contributed by atoms with Gasteiger partial charge in [-0.05, 0) is 0 Å².